The molecule has 0 fully saturated rings. The number of nitro groups is 1. The highest BCUT2D eigenvalue weighted by Crippen LogP contribution is 2.32. The molecule has 0 radical (unpaired) electrons. The van der Waals surface area contributed by atoms with Crippen LogP contribution in [0.1, 0.15) is 42.9 Å². The number of urea groups is 1. The smallest absolute Gasteiger partial charge is 0.328 e. The highest BCUT2D eigenvalue weighted by Gasteiger charge is 2.25. The molecule has 0 heterocycles. The van der Waals surface area contributed by atoms with Crippen molar-refractivity contribution in [3.63, 3.8) is 0 Å². The van der Waals surface area contributed by atoms with Gasteiger partial charge in [-0.05, 0) is 44.4 Å². The zero-order valence-electron chi connectivity index (χ0n) is 18.1. The average Bonchev–Trinajstić information content (AvgIpc) is 2.67. The third-order valence-corrected chi connectivity index (χ3v) is 6.07. The SMILES string of the molecule is CCCCCNC(=O)NS(=O)(=O)c1cc([N+](=O)[O-])ccc1Nc1c(C)cc(C)cc1C. The molecule has 0 saturated heterocycles. The number of unbranched alkanes of at least 4 members (excludes halogenated alkanes) is 2. The van der Waals surface area contributed by atoms with Crippen molar-refractivity contribution in [1.82, 2.24) is 10.0 Å². The van der Waals surface area contributed by atoms with E-state index in [9.17, 15) is 23.3 Å². The van der Waals surface area contributed by atoms with Crippen LogP contribution in [0.5, 0.6) is 0 Å². The number of carbonyl (C=O) groups is 1. The van der Waals surface area contributed by atoms with Gasteiger partial charge in [-0.1, -0.05) is 37.5 Å². The van der Waals surface area contributed by atoms with Crippen LogP contribution in [-0.4, -0.2) is 25.9 Å². The van der Waals surface area contributed by atoms with Gasteiger partial charge < -0.3 is 10.6 Å². The Balaban J connectivity index is 2.39. The van der Waals surface area contributed by atoms with Gasteiger partial charge in [0.25, 0.3) is 15.7 Å². The standard InChI is InChI=1S/C21H28N4O5S/c1-5-6-7-10-22-21(26)24-31(29,30)19-13-17(25(27)28)8-9-18(19)23-20-15(3)11-14(2)12-16(20)4/h8-9,11-13,23H,5-7,10H2,1-4H3,(H2,22,24,26). The number of aryl methyl sites for hydroxylation is 3. The molecule has 0 aromatic heterocycles. The monoisotopic (exact) mass is 448 g/mol. The van der Waals surface area contributed by atoms with Crippen LogP contribution in [0.3, 0.4) is 0 Å². The molecule has 0 aliphatic carbocycles. The molecule has 2 aromatic rings. The molecule has 31 heavy (non-hydrogen) atoms. The molecule has 0 unspecified atom stereocenters. The van der Waals surface area contributed by atoms with E-state index in [0.717, 1.165) is 42.0 Å². The second-order valence-corrected chi connectivity index (χ2v) is 9.06. The fourth-order valence-corrected chi connectivity index (χ4v) is 4.36. The van der Waals surface area contributed by atoms with Crippen LogP contribution in [0, 0.1) is 30.9 Å². The van der Waals surface area contributed by atoms with Crippen molar-refractivity contribution < 1.29 is 18.1 Å². The summed E-state index contributed by atoms with van der Waals surface area (Å²) in [4.78, 5) is 22.2. The fraction of sp³-hybridized carbons (Fsp3) is 0.381. The van der Waals surface area contributed by atoms with E-state index < -0.39 is 26.7 Å². The summed E-state index contributed by atoms with van der Waals surface area (Å²) in [5.41, 5.74) is 3.26. The van der Waals surface area contributed by atoms with Gasteiger partial charge in [0, 0.05) is 24.4 Å². The van der Waals surface area contributed by atoms with Gasteiger partial charge in [0.05, 0.1) is 10.6 Å². The summed E-state index contributed by atoms with van der Waals surface area (Å²) in [7, 11) is -4.37. The number of benzene rings is 2. The highest BCUT2D eigenvalue weighted by atomic mass is 32.2. The molecule has 2 amide bonds. The van der Waals surface area contributed by atoms with E-state index in [1.54, 1.807) is 0 Å². The zero-order chi connectivity index (χ0) is 23.2. The zero-order valence-corrected chi connectivity index (χ0v) is 18.9. The lowest BCUT2D eigenvalue weighted by Crippen LogP contribution is -2.40. The molecular formula is C21H28N4O5S. The minimum absolute atomic E-state index is 0.131. The maximum Gasteiger partial charge on any atom is 0.328 e. The lowest BCUT2D eigenvalue weighted by Gasteiger charge is -2.17. The van der Waals surface area contributed by atoms with Crippen molar-refractivity contribution in [3.05, 3.63) is 57.1 Å². The van der Waals surface area contributed by atoms with E-state index in [0.29, 0.717) is 12.2 Å². The minimum Gasteiger partial charge on any atom is -0.354 e. The number of hydrogen-bond acceptors (Lipinski definition) is 6. The summed E-state index contributed by atoms with van der Waals surface area (Å²) in [5, 5.41) is 16.8. The Morgan fingerprint density at radius 3 is 2.29 bits per heavy atom. The van der Waals surface area contributed by atoms with Gasteiger partial charge in [-0.3, -0.25) is 10.1 Å². The number of nitrogens with zero attached hydrogens (tertiary/aromatic N) is 1. The number of hydrogen-bond donors (Lipinski definition) is 3. The molecule has 168 valence electrons. The van der Waals surface area contributed by atoms with Gasteiger partial charge in [0.1, 0.15) is 4.90 Å². The largest absolute Gasteiger partial charge is 0.354 e. The van der Waals surface area contributed by atoms with Crippen LogP contribution >= 0.6 is 0 Å². The van der Waals surface area contributed by atoms with Gasteiger partial charge in [-0.2, -0.15) is 0 Å². The topological polar surface area (TPSA) is 130 Å². The number of sulfonamides is 1. The highest BCUT2D eigenvalue weighted by molar-refractivity contribution is 7.90. The Bertz CT molecular complexity index is 1060. The summed E-state index contributed by atoms with van der Waals surface area (Å²) in [5.74, 6) is 0. The second-order valence-electron chi connectivity index (χ2n) is 7.40. The molecule has 0 atom stereocenters. The summed E-state index contributed by atoms with van der Waals surface area (Å²) in [6.45, 7) is 8.05. The van der Waals surface area contributed by atoms with Gasteiger partial charge >= 0.3 is 6.03 Å². The van der Waals surface area contributed by atoms with Gasteiger partial charge in [-0.25, -0.2) is 17.9 Å². The molecule has 3 N–H and O–H groups in total. The number of nitro benzene ring substituents is 1. The van der Waals surface area contributed by atoms with E-state index >= 15 is 0 Å². The molecule has 0 spiro atoms. The number of nitrogens with one attached hydrogen (secondary N) is 3. The molecule has 0 aliphatic rings. The molecule has 0 bridgehead atoms. The van der Waals surface area contributed by atoms with Crippen molar-refractivity contribution >= 4 is 33.1 Å². The summed E-state index contributed by atoms with van der Waals surface area (Å²) >= 11 is 0. The Labute approximate surface area is 182 Å². The Morgan fingerprint density at radius 2 is 1.71 bits per heavy atom. The van der Waals surface area contributed by atoms with Gasteiger partial charge in [0.15, 0.2) is 0 Å². The van der Waals surface area contributed by atoms with Crippen molar-refractivity contribution in [2.75, 3.05) is 11.9 Å². The molecule has 2 aromatic carbocycles. The molecule has 2 rings (SSSR count). The van der Waals surface area contributed by atoms with Crippen molar-refractivity contribution in [3.8, 4) is 0 Å². The first-order chi connectivity index (χ1) is 14.5. The summed E-state index contributed by atoms with van der Waals surface area (Å²) < 4.78 is 27.8. The van der Waals surface area contributed by atoms with Crippen LogP contribution in [0.4, 0.5) is 21.9 Å². The second kappa shape index (κ2) is 10.3. The fourth-order valence-electron chi connectivity index (χ4n) is 3.25. The Kier molecular flexibility index (Phi) is 7.98. The molecule has 9 nitrogen and oxygen atoms in total. The van der Waals surface area contributed by atoms with Crippen LogP contribution < -0.4 is 15.4 Å². The Hall–Kier alpha value is -3.14. The number of amides is 2. The molecule has 0 aliphatic heterocycles. The predicted octanol–water partition coefficient (Wildman–Crippen LogP) is 4.44. The third kappa shape index (κ3) is 6.42. The molecule has 0 saturated carbocycles. The first kappa shape index (κ1) is 24.1. The van der Waals surface area contributed by atoms with E-state index in [1.165, 1.54) is 12.1 Å². The molecular weight excluding hydrogens is 420 g/mol. The van der Waals surface area contributed by atoms with Crippen molar-refractivity contribution in [2.24, 2.45) is 0 Å². The lowest BCUT2D eigenvalue weighted by molar-refractivity contribution is -0.385. The van der Waals surface area contributed by atoms with Gasteiger partial charge in [-0.15, -0.1) is 0 Å². The summed E-state index contributed by atoms with van der Waals surface area (Å²) in [6, 6.07) is 6.48. The maximum atomic E-state index is 12.9. The quantitative estimate of drug-likeness (QED) is 0.295. The number of non-ortho nitro benzene ring substituents is 1. The normalized spacial score (nSPS) is 11.1. The maximum absolute atomic E-state index is 12.9. The number of anilines is 2. The van der Waals surface area contributed by atoms with Crippen LogP contribution in [0.2, 0.25) is 0 Å². The average molecular weight is 449 g/mol. The molecule has 10 heteroatoms. The predicted molar refractivity (Wildman–Crippen MR) is 120 cm³/mol. The lowest BCUT2D eigenvalue weighted by atomic mass is 10.0. The van der Waals surface area contributed by atoms with E-state index in [-0.39, 0.29) is 10.6 Å². The Morgan fingerprint density at radius 1 is 1.06 bits per heavy atom. The van der Waals surface area contributed by atoms with Gasteiger partial charge in [0.2, 0.25) is 0 Å². The van der Waals surface area contributed by atoms with Crippen LogP contribution in [-0.2, 0) is 10.0 Å². The van der Waals surface area contributed by atoms with E-state index in [2.05, 4.69) is 10.6 Å². The number of carbonyl (C=O) groups excluding carboxylic acids is 1. The van der Waals surface area contributed by atoms with Crippen molar-refractivity contribution in [2.45, 2.75) is 51.9 Å². The van der Waals surface area contributed by atoms with E-state index in [1.807, 2.05) is 44.5 Å². The van der Waals surface area contributed by atoms with E-state index in [4.69, 9.17) is 0 Å². The summed E-state index contributed by atoms with van der Waals surface area (Å²) in [6.07, 6.45) is 2.59. The van der Waals surface area contributed by atoms with Crippen LogP contribution in [0.15, 0.2) is 35.2 Å². The van der Waals surface area contributed by atoms with Crippen LogP contribution in [0.25, 0.3) is 0 Å². The first-order valence-corrected chi connectivity index (χ1v) is 11.5. The van der Waals surface area contributed by atoms with Crippen molar-refractivity contribution in [1.29, 1.82) is 0 Å². The third-order valence-electron chi connectivity index (χ3n) is 4.70. The first-order valence-electron chi connectivity index (χ1n) is 9.99. The number of rotatable bonds is 9. The minimum atomic E-state index is -4.37.